The summed E-state index contributed by atoms with van der Waals surface area (Å²) < 4.78 is 12.2. The molecule has 1 unspecified atom stereocenters. The molecule has 1 fully saturated rings. The van der Waals surface area contributed by atoms with Gasteiger partial charge in [0, 0.05) is 50.4 Å². The highest BCUT2D eigenvalue weighted by Gasteiger charge is 2.52. The number of likely N-dealkylation sites (tertiary alicyclic amines) is 1. The number of methoxy groups -OCH3 is 1. The number of phenols is 1. The van der Waals surface area contributed by atoms with Crippen molar-refractivity contribution >= 4 is 11.6 Å². The van der Waals surface area contributed by atoms with E-state index in [0.717, 1.165) is 22.6 Å². The second-order valence-electron chi connectivity index (χ2n) is 8.09. The maximum Gasteiger partial charge on any atom is 0.219 e. The molecule has 1 atom stereocenters. The molecule has 3 aliphatic heterocycles. The summed E-state index contributed by atoms with van der Waals surface area (Å²) in [5.74, 6) is 1.79. The number of para-hydroxylation sites is 1. The van der Waals surface area contributed by atoms with E-state index < -0.39 is 5.72 Å². The number of carbonyl (C=O) groups excluding carboxylic acids is 1. The number of ether oxygens (including phenoxy) is 2. The van der Waals surface area contributed by atoms with E-state index in [2.05, 4.69) is 11.1 Å². The molecule has 1 spiro atoms. The van der Waals surface area contributed by atoms with Gasteiger partial charge in [0.15, 0.2) is 11.5 Å². The fourth-order valence-electron chi connectivity index (χ4n) is 4.79. The number of nitrogens with zero attached hydrogens (tertiary/aromatic N) is 3. The van der Waals surface area contributed by atoms with E-state index in [1.165, 1.54) is 0 Å². The normalized spacial score (nSPS) is 21.5. The molecule has 2 aromatic rings. The van der Waals surface area contributed by atoms with Crippen LogP contribution in [0, 0.1) is 0 Å². The lowest BCUT2D eigenvalue weighted by Gasteiger charge is -2.51. The zero-order valence-corrected chi connectivity index (χ0v) is 17.2. The maximum absolute atomic E-state index is 11.9. The van der Waals surface area contributed by atoms with Crippen LogP contribution in [0.1, 0.15) is 43.4 Å². The summed E-state index contributed by atoms with van der Waals surface area (Å²) in [6.45, 7) is 2.86. The summed E-state index contributed by atoms with van der Waals surface area (Å²) in [6, 6.07) is 13.2. The quantitative estimate of drug-likeness (QED) is 0.827. The molecule has 0 aliphatic carbocycles. The summed E-state index contributed by atoms with van der Waals surface area (Å²) in [5.41, 5.74) is 2.25. The van der Waals surface area contributed by atoms with Crippen LogP contribution >= 0.6 is 0 Å². The van der Waals surface area contributed by atoms with E-state index in [4.69, 9.17) is 14.6 Å². The lowest BCUT2D eigenvalue weighted by Crippen LogP contribution is -2.59. The maximum atomic E-state index is 11.9. The van der Waals surface area contributed by atoms with Gasteiger partial charge in [0.25, 0.3) is 0 Å². The summed E-state index contributed by atoms with van der Waals surface area (Å²) in [7, 11) is 1.65. The highest BCUT2D eigenvalue weighted by atomic mass is 16.5. The first-order valence-corrected chi connectivity index (χ1v) is 10.3. The monoisotopic (exact) mass is 407 g/mol. The first kappa shape index (κ1) is 18.8. The summed E-state index contributed by atoms with van der Waals surface area (Å²) >= 11 is 0. The van der Waals surface area contributed by atoms with Crippen LogP contribution in [-0.4, -0.2) is 52.6 Å². The Kier molecular flexibility index (Phi) is 4.34. The number of phenolic OH excluding ortho intramolecular Hbond substituents is 1. The molecule has 3 heterocycles. The second kappa shape index (κ2) is 6.93. The van der Waals surface area contributed by atoms with Crippen LogP contribution in [0.25, 0.3) is 0 Å². The van der Waals surface area contributed by atoms with E-state index >= 15 is 0 Å². The zero-order chi connectivity index (χ0) is 20.9. The molecular weight excluding hydrogens is 382 g/mol. The van der Waals surface area contributed by atoms with Gasteiger partial charge in [-0.3, -0.25) is 4.79 Å². The molecule has 156 valence electrons. The van der Waals surface area contributed by atoms with Gasteiger partial charge in [-0.2, -0.15) is 5.10 Å². The molecule has 0 saturated carbocycles. The van der Waals surface area contributed by atoms with E-state index in [1.54, 1.807) is 26.2 Å². The van der Waals surface area contributed by atoms with Crippen LogP contribution in [0.15, 0.2) is 47.6 Å². The zero-order valence-electron chi connectivity index (χ0n) is 17.2. The number of aromatic hydroxyl groups is 1. The van der Waals surface area contributed by atoms with Crippen molar-refractivity contribution in [1.29, 1.82) is 0 Å². The fraction of sp³-hybridized carbons (Fsp3) is 0.391. The van der Waals surface area contributed by atoms with Crippen molar-refractivity contribution in [1.82, 2.24) is 9.91 Å². The van der Waals surface area contributed by atoms with E-state index in [9.17, 15) is 9.90 Å². The van der Waals surface area contributed by atoms with Crippen molar-refractivity contribution in [2.45, 2.75) is 38.0 Å². The van der Waals surface area contributed by atoms with Crippen molar-refractivity contribution in [3.8, 4) is 17.2 Å². The number of hydrogen-bond acceptors (Lipinski definition) is 6. The molecule has 5 rings (SSSR count). The van der Waals surface area contributed by atoms with Crippen LogP contribution in [-0.2, 0) is 4.79 Å². The minimum absolute atomic E-state index is 0.0186. The number of piperidine rings is 1. The van der Waals surface area contributed by atoms with Crippen LogP contribution in [0.4, 0.5) is 0 Å². The highest BCUT2D eigenvalue weighted by molar-refractivity contribution is 6.02. The van der Waals surface area contributed by atoms with Gasteiger partial charge < -0.3 is 19.5 Å². The number of hydrazone groups is 1. The van der Waals surface area contributed by atoms with Crippen molar-refractivity contribution in [2.75, 3.05) is 20.2 Å². The van der Waals surface area contributed by atoms with Crippen molar-refractivity contribution < 1.29 is 19.4 Å². The van der Waals surface area contributed by atoms with Gasteiger partial charge in [0.2, 0.25) is 11.6 Å². The number of amides is 1. The number of hydrogen-bond donors (Lipinski definition) is 1. The minimum atomic E-state index is -0.628. The Morgan fingerprint density at radius 3 is 2.70 bits per heavy atom. The summed E-state index contributed by atoms with van der Waals surface area (Å²) in [6.07, 6.45) is 2.04. The molecule has 7 heteroatoms. The topological polar surface area (TPSA) is 74.6 Å². The SMILES string of the molecule is COc1cccc2c1OC1(CCN(C(C)=O)CC1)N1N=C(c3cccc(O)c3)CC21. The largest absolute Gasteiger partial charge is 0.508 e. The Balaban J connectivity index is 1.58. The average Bonchev–Trinajstić information content (AvgIpc) is 3.21. The standard InChI is InChI=1S/C23H25N3O4/c1-15(27)25-11-9-23(10-12-25)26-20(18-7-4-8-21(29-2)22(18)30-23)14-19(24-26)16-5-3-6-17(28)13-16/h3-8,13,20,28H,9-12,14H2,1-2H3. The van der Waals surface area contributed by atoms with Crippen LogP contribution in [0.5, 0.6) is 17.2 Å². The van der Waals surface area contributed by atoms with E-state index in [-0.39, 0.29) is 17.7 Å². The molecule has 1 amide bonds. The molecule has 30 heavy (non-hydrogen) atoms. The molecule has 1 N–H and O–H groups in total. The van der Waals surface area contributed by atoms with Crippen LogP contribution in [0.3, 0.4) is 0 Å². The molecular formula is C23H25N3O4. The molecule has 2 aromatic carbocycles. The lowest BCUT2D eigenvalue weighted by atomic mass is 9.90. The Morgan fingerprint density at radius 1 is 1.23 bits per heavy atom. The molecule has 1 saturated heterocycles. The smallest absolute Gasteiger partial charge is 0.219 e. The Bertz CT molecular complexity index is 1030. The van der Waals surface area contributed by atoms with Gasteiger partial charge >= 0.3 is 0 Å². The predicted molar refractivity (Wildman–Crippen MR) is 112 cm³/mol. The number of rotatable bonds is 2. The molecule has 0 bridgehead atoms. The fourth-order valence-corrected chi connectivity index (χ4v) is 4.79. The Morgan fingerprint density at radius 2 is 2.00 bits per heavy atom. The minimum Gasteiger partial charge on any atom is -0.508 e. The van der Waals surface area contributed by atoms with Gasteiger partial charge in [0.05, 0.1) is 18.9 Å². The van der Waals surface area contributed by atoms with Gasteiger partial charge in [-0.05, 0) is 18.2 Å². The molecule has 0 aromatic heterocycles. The third-order valence-corrected chi connectivity index (χ3v) is 6.38. The number of benzene rings is 2. The second-order valence-corrected chi connectivity index (χ2v) is 8.09. The van der Waals surface area contributed by atoms with Gasteiger partial charge in [-0.15, -0.1) is 0 Å². The summed E-state index contributed by atoms with van der Waals surface area (Å²) in [4.78, 5) is 13.7. The average molecular weight is 407 g/mol. The molecule has 0 radical (unpaired) electrons. The number of fused-ring (bicyclic) bond motifs is 4. The first-order chi connectivity index (χ1) is 14.5. The molecule has 7 nitrogen and oxygen atoms in total. The first-order valence-electron chi connectivity index (χ1n) is 10.3. The highest BCUT2D eigenvalue weighted by Crippen LogP contribution is 2.52. The van der Waals surface area contributed by atoms with Crippen molar-refractivity contribution in [3.05, 3.63) is 53.6 Å². The van der Waals surface area contributed by atoms with E-state index in [0.29, 0.717) is 38.1 Å². The third-order valence-electron chi connectivity index (χ3n) is 6.38. The lowest BCUT2D eigenvalue weighted by molar-refractivity contribution is -0.159. The third kappa shape index (κ3) is 2.88. The van der Waals surface area contributed by atoms with Gasteiger partial charge in [-0.25, -0.2) is 5.01 Å². The van der Waals surface area contributed by atoms with Crippen molar-refractivity contribution in [3.63, 3.8) is 0 Å². The molecule has 3 aliphatic rings. The Labute approximate surface area is 175 Å². The van der Waals surface area contributed by atoms with Crippen LogP contribution < -0.4 is 9.47 Å². The van der Waals surface area contributed by atoms with E-state index in [1.807, 2.05) is 29.2 Å². The number of carbonyl (C=O) groups is 1. The van der Waals surface area contributed by atoms with Gasteiger partial charge in [-0.1, -0.05) is 24.3 Å². The summed E-state index contributed by atoms with van der Waals surface area (Å²) in [5, 5.41) is 17.0. The van der Waals surface area contributed by atoms with Gasteiger partial charge in [0.1, 0.15) is 5.75 Å². The predicted octanol–water partition coefficient (Wildman–Crippen LogP) is 3.28. The van der Waals surface area contributed by atoms with Crippen LogP contribution in [0.2, 0.25) is 0 Å². The Hall–Kier alpha value is -3.22. The van der Waals surface area contributed by atoms with Crippen molar-refractivity contribution in [2.24, 2.45) is 5.10 Å².